The predicted molar refractivity (Wildman–Crippen MR) is 63.5 cm³/mol. The fraction of sp³-hybridized carbons (Fsp3) is 0.300. The van der Waals surface area contributed by atoms with Crippen LogP contribution in [0.25, 0.3) is 0 Å². The van der Waals surface area contributed by atoms with Crippen LogP contribution in [0.1, 0.15) is 12.5 Å². The molecule has 0 spiro atoms. The van der Waals surface area contributed by atoms with Crippen molar-refractivity contribution in [3.63, 3.8) is 0 Å². The first-order valence-electron chi connectivity index (χ1n) is 4.74. The van der Waals surface area contributed by atoms with Crippen molar-refractivity contribution < 1.29 is 14.5 Å². The number of carbonyl (C=O) groups is 1. The maximum Gasteiger partial charge on any atom is 0.310 e. The van der Waals surface area contributed by atoms with Crippen LogP contribution in [0.5, 0.6) is 0 Å². The monoisotopic (exact) mass is 277 g/mol. The maximum absolute atomic E-state index is 11.2. The average molecular weight is 278 g/mol. The molecule has 0 aliphatic heterocycles. The Bertz CT molecular complexity index is 462. The molecule has 0 saturated heterocycles. The van der Waals surface area contributed by atoms with Crippen LogP contribution >= 0.6 is 23.2 Å². The van der Waals surface area contributed by atoms with E-state index in [2.05, 4.69) is 0 Å². The molecule has 1 aromatic rings. The molecule has 0 aliphatic rings. The number of nitro benzene ring substituents is 1. The van der Waals surface area contributed by atoms with Crippen molar-refractivity contribution in [2.24, 2.45) is 0 Å². The van der Waals surface area contributed by atoms with E-state index in [1.807, 2.05) is 0 Å². The van der Waals surface area contributed by atoms with Crippen molar-refractivity contribution >= 4 is 34.9 Å². The lowest BCUT2D eigenvalue weighted by Crippen LogP contribution is -2.08. The molecule has 1 rings (SSSR count). The van der Waals surface area contributed by atoms with E-state index < -0.39 is 16.6 Å². The summed E-state index contributed by atoms with van der Waals surface area (Å²) in [4.78, 5) is 21.3. The summed E-state index contributed by atoms with van der Waals surface area (Å²) in [6.07, 6.45) is -0.120. The number of esters is 1. The molecule has 0 atom stereocenters. The molecular formula is C10H9Cl2NO4. The van der Waals surface area contributed by atoms with E-state index >= 15 is 0 Å². The highest BCUT2D eigenvalue weighted by Gasteiger charge is 2.22. The first-order valence-corrected chi connectivity index (χ1v) is 5.49. The third-order valence-corrected chi connectivity index (χ3v) is 2.70. The van der Waals surface area contributed by atoms with Gasteiger partial charge in [0.15, 0.2) is 0 Å². The molecule has 92 valence electrons. The van der Waals surface area contributed by atoms with Crippen molar-refractivity contribution in [2.45, 2.75) is 13.3 Å². The van der Waals surface area contributed by atoms with E-state index in [0.717, 1.165) is 0 Å². The van der Waals surface area contributed by atoms with Crippen molar-refractivity contribution in [2.75, 3.05) is 6.61 Å². The molecule has 0 fully saturated rings. The first-order chi connectivity index (χ1) is 7.97. The Morgan fingerprint density at radius 2 is 2.12 bits per heavy atom. The van der Waals surface area contributed by atoms with Crippen molar-refractivity contribution in [1.82, 2.24) is 0 Å². The van der Waals surface area contributed by atoms with Gasteiger partial charge in [-0.2, -0.15) is 0 Å². The number of nitrogens with zero attached hydrogens (tertiary/aromatic N) is 1. The van der Waals surface area contributed by atoms with Gasteiger partial charge in [0.05, 0.1) is 18.0 Å². The summed E-state index contributed by atoms with van der Waals surface area (Å²) in [6.45, 7) is 1.91. The van der Waals surface area contributed by atoms with Crippen molar-refractivity contribution in [3.05, 3.63) is 37.9 Å². The fourth-order valence-electron chi connectivity index (χ4n) is 1.25. The van der Waals surface area contributed by atoms with Gasteiger partial charge in [-0.3, -0.25) is 14.9 Å². The summed E-state index contributed by atoms with van der Waals surface area (Å²) in [5, 5.41) is 10.5. The van der Waals surface area contributed by atoms with Gasteiger partial charge in [0.2, 0.25) is 0 Å². The fourth-order valence-corrected chi connectivity index (χ4v) is 1.83. The highest BCUT2D eigenvalue weighted by atomic mass is 35.5. The van der Waals surface area contributed by atoms with Crippen LogP contribution in [0.3, 0.4) is 0 Å². The zero-order valence-electron chi connectivity index (χ0n) is 8.91. The second-order valence-corrected chi connectivity index (χ2v) is 3.89. The Labute approximate surface area is 107 Å². The summed E-state index contributed by atoms with van der Waals surface area (Å²) in [5.74, 6) is -0.494. The number of benzene rings is 1. The first kappa shape index (κ1) is 13.7. The van der Waals surface area contributed by atoms with E-state index in [4.69, 9.17) is 27.9 Å². The molecule has 0 unspecified atom stereocenters. The Morgan fingerprint density at radius 3 is 2.65 bits per heavy atom. The molecule has 1 aromatic carbocycles. The van der Waals surface area contributed by atoms with Crippen LogP contribution in [-0.4, -0.2) is 17.5 Å². The quantitative estimate of drug-likeness (QED) is 0.482. The van der Waals surface area contributed by atoms with Gasteiger partial charge in [0, 0.05) is 0 Å². The lowest BCUT2D eigenvalue weighted by atomic mass is 10.1. The molecule has 17 heavy (non-hydrogen) atoms. The number of nitro groups is 1. The molecular weight excluding hydrogens is 269 g/mol. The molecule has 7 heteroatoms. The molecule has 0 bridgehead atoms. The third kappa shape index (κ3) is 3.31. The molecule has 5 nitrogen and oxygen atoms in total. The zero-order valence-corrected chi connectivity index (χ0v) is 10.4. The molecule has 0 heterocycles. The molecule has 0 radical (unpaired) electrons. The average Bonchev–Trinajstić information content (AvgIpc) is 2.22. The van der Waals surface area contributed by atoms with E-state index in [-0.39, 0.29) is 23.1 Å². The van der Waals surface area contributed by atoms with Crippen LogP contribution in [0.2, 0.25) is 10.0 Å². The Hall–Kier alpha value is -1.33. The van der Waals surface area contributed by atoms with Gasteiger partial charge in [0.1, 0.15) is 10.0 Å². The molecule has 0 aliphatic carbocycles. The van der Waals surface area contributed by atoms with Gasteiger partial charge in [-0.25, -0.2) is 0 Å². The van der Waals surface area contributed by atoms with Gasteiger partial charge >= 0.3 is 11.7 Å². The van der Waals surface area contributed by atoms with Crippen LogP contribution in [0.15, 0.2) is 12.1 Å². The van der Waals surface area contributed by atoms with Crippen LogP contribution in [0.4, 0.5) is 5.69 Å². The number of carbonyl (C=O) groups excluding carboxylic acids is 1. The Morgan fingerprint density at radius 1 is 1.47 bits per heavy atom. The topological polar surface area (TPSA) is 69.4 Å². The third-order valence-electron chi connectivity index (χ3n) is 1.97. The van der Waals surface area contributed by atoms with Gasteiger partial charge in [-0.05, 0) is 18.6 Å². The number of hydrogen-bond acceptors (Lipinski definition) is 4. The second-order valence-electron chi connectivity index (χ2n) is 3.11. The minimum Gasteiger partial charge on any atom is -0.466 e. The van der Waals surface area contributed by atoms with Gasteiger partial charge in [0.25, 0.3) is 0 Å². The van der Waals surface area contributed by atoms with Gasteiger partial charge in [-0.15, -0.1) is 0 Å². The van der Waals surface area contributed by atoms with E-state index in [0.29, 0.717) is 5.56 Å². The molecule has 0 amide bonds. The lowest BCUT2D eigenvalue weighted by Gasteiger charge is -2.05. The number of halogens is 2. The highest BCUT2D eigenvalue weighted by molar-refractivity contribution is 6.38. The highest BCUT2D eigenvalue weighted by Crippen LogP contribution is 2.35. The largest absolute Gasteiger partial charge is 0.466 e. The van der Waals surface area contributed by atoms with Crippen LogP contribution < -0.4 is 0 Å². The van der Waals surface area contributed by atoms with Crippen molar-refractivity contribution in [3.8, 4) is 0 Å². The summed E-state index contributed by atoms with van der Waals surface area (Å²) < 4.78 is 4.73. The number of ether oxygens (including phenoxy) is 1. The summed E-state index contributed by atoms with van der Waals surface area (Å²) in [6, 6.07) is 2.80. The van der Waals surface area contributed by atoms with Crippen LogP contribution in [-0.2, 0) is 16.0 Å². The van der Waals surface area contributed by atoms with Crippen LogP contribution in [0, 0.1) is 10.1 Å². The standard InChI is InChI=1S/C10H9Cl2NO4/c1-2-17-8(14)5-6-3-4-7(11)10(9(6)12)13(15)16/h3-4H,2,5H2,1H3. The second kappa shape index (κ2) is 5.84. The number of rotatable bonds is 4. The lowest BCUT2D eigenvalue weighted by molar-refractivity contribution is -0.384. The SMILES string of the molecule is CCOC(=O)Cc1ccc(Cl)c([N+](=O)[O-])c1Cl. The predicted octanol–water partition coefficient (Wildman–Crippen LogP) is 3.01. The summed E-state index contributed by atoms with van der Waals surface area (Å²) in [5.41, 5.74) is -0.0728. The maximum atomic E-state index is 11.2. The van der Waals surface area contributed by atoms with Gasteiger partial charge in [-0.1, -0.05) is 29.3 Å². The van der Waals surface area contributed by atoms with Crippen molar-refractivity contribution in [1.29, 1.82) is 0 Å². The summed E-state index contributed by atoms with van der Waals surface area (Å²) >= 11 is 11.5. The van der Waals surface area contributed by atoms with Gasteiger partial charge < -0.3 is 4.74 Å². The summed E-state index contributed by atoms with van der Waals surface area (Å²) in [7, 11) is 0. The van der Waals surface area contributed by atoms with E-state index in [1.165, 1.54) is 12.1 Å². The smallest absolute Gasteiger partial charge is 0.310 e. The molecule has 0 aromatic heterocycles. The van der Waals surface area contributed by atoms with E-state index in [9.17, 15) is 14.9 Å². The Kier molecular flexibility index (Phi) is 4.72. The molecule has 0 N–H and O–H groups in total. The Balaban J connectivity index is 3.07. The minimum atomic E-state index is -0.681. The van der Waals surface area contributed by atoms with E-state index in [1.54, 1.807) is 6.92 Å². The normalized spacial score (nSPS) is 10.1. The minimum absolute atomic E-state index is 0.0624. The number of hydrogen-bond donors (Lipinski definition) is 0. The molecule has 0 saturated carbocycles. The zero-order chi connectivity index (χ0) is 13.0.